The van der Waals surface area contributed by atoms with Crippen molar-refractivity contribution < 1.29 is 4.79 Å². The minimum atomic E-state index is -0.0168. The molecule has 1 aromatic carbocycles. The molecule has 0 saturated heterocycles. The largest absolute Gasteiger partial charge is 0.300 e. The standard InChI is InChI=1S/C16H21N3OS2/c1-4-12-5-7-13(8-6-12)9-10-14(20)17-15-18-19-16(22-15)21-11(2)3/h5-8,11H,4,9-10H2,1-3H3,(H,17,18,20). The third kappa shape index (κ3) is 5.42. The van der Waals surface area contributed by atoms with E-state index in [-0.39, 0.29) is 5.91 Å². The minimum Gasteiger partial charge on any atom is -0.300 e. The van der Waals surface area contributed by atoms with Crippen molar-refractivity contribution in [2.75, 3.05) is 5.32 Å². The van der Waals surface area contributed by atoms with Crippen LogP contribution in [0.5, 0.6) is 0 Å². The number of carbonyl (C=O) groups excluding carboxylic acids is 1. The average molecular weight is 335 g/mol. The predicted molar refractivity (Wildman–Crippen MR) is 93.7 cm³/mol. The normalized spacial score (nSPS) is 10.9. The maximum Gasteiger partial charge on any atom is 0.226 e. The molecule has 0 bridgehead atoms. The number of benzene rings is 1. The molecule has 0 atom stereocenters. The zero-order valence-corrected chi connectivity index (χ0v) is 14.8. The summed E-state index contributed by atoms with van der Waals surface area (Å²) in [7, 11) is 0. The number of aromatic nitrogens is 2. The van der Waals surface area contributed by atoms with Crippen LogP contribution in [0.4, 0.5) is 5.13 Å². The number of thioether (sulfide) groups is 1. The molecule has 6 heteroatoms. The molecule has 4 nitrogen and oxygen atoms in total. The molecule has 0 saturated carbocycles. The number of nitrogens with one attached hydrogen (secondary N) is 1. The van der Waals surface area contributed by atoms with Crippen LogP contribution in [0.25, 0.3) is 0 Å². The van der Waals surface area contributed by atoms with Gasteiger partial charge in [0.2, 0.25) is 11.0 Å². The quantitative estimate of drug-likeness (QED) is 0.609. The van der Waals surface area contributed by atoms with E-state index in [1.165, 1.54) is 22.5 Å². The van der Waals surface area contributed by atoms with Gasteiger partial charge in [0.1, 0.15) is 0 Å². The van der Waals surface area contributed by atoms with Gasteiger partial charge < -0.3 is 5.32 Å². The molecule has 22 heavy (non-hydrogen) atoms. The highest BCUT2D eigenvalue weighted by Gasteiger charge is 2.10. The first kappa shape index (κ1) is 17.0. The summed E-state index contributed by atoms with van der Waals surface area (Å²) >= 11 is 3.08. The van der Waals surface area contributed by atoms with Crippen LogP contribution < -0.4 is 5.32 Å². The summed E-state index contributed by atoms with van der Waals surface area (Å²) in [6, 6.07) is 8.42. The van der Waals surface area contributed by atoms with Crippen LogP contribution in [0.2, 0.25) is 0 Å². The zero-order valence-electron chi connectivity index (χ0n) is 13.1. The average Bonchev–Trinajstić information content (AvgIpc) is 2.92. The van der Waals surface area contributed by atoms with Crippen molar-refractivity contribution in [2.45, 2.75) is 49.6 Å². The van der Waals surface area contributed by atoms with E-state index in [9.17, 15) is 4.79 Å². The molecular formula is C16H21N3OS2. The lowest BCUT2D eigenvalue weighted by Crippen LogP contribution is -2.12. The van der Waals surface area contributed by atoms with E-state index in [4.69, 9.17) is 0 Å². The van der Waals surface area contributed by atoms with Crippen LogP contribution in [0.1, 0.15) is 38.3 Å². The van der Waals surface area contributed by atoms with E-state index in [0.717, 1.165) is 17.2 Å². The van der Waals surface area contributed by atoms with Crippen molar-refractivity contribution in [2.24, 2.45) is 0 Å². The SMILES string of the molecule is CCc1ccc(CCC(=O)Nc2nnc(SC(C)C)s2)cc1. The Morgan fingerprint density at radius 1 is 1.23 bits per heavy atom. The fourth-order valence-electron chi connectivity index (χ4n) is 1.89. The van der Waals surface area contributed by atoms with Crippen molar-refractivity contribution >= 4 is 34.1 Å². The molecule has 0 spiro atoms. The third-order valence-electron chi connectivity index (χ3n) is 3.06. The summed E-state index contributed by atoms with van der Waals surface area (Å²) in [4.78, 5) is 12.0. The molecule has 2 aromatic rings. The molecule has 2 rings (SSSR count). The number of hydrogen-bond acceptors (Lipinski definition) is 5. The Labute approximate surface area is 139 Å². The van der Waals surface area contributed by atoms with Gasteiger partial charge in [-0.15, -0.1) is 10.2 Å². The lowest BCUT2D eigenvalue weighted by molar-refractivity contribution is -0.116. The van der Waals surface area contributed by atoms with Gasteiger partial charge in [-0.1, -0.05) is 68.1 Å². The smallest absolute Gasteiger partial charge is 0.226 e. The molecule has 0 aliphatic heterocycles. The second kappa shape index (κ2) is 8.29. The van der Waals surface area contributed by atoms with E-state index >= 15 is 0 Å². The number of amides is 1. The number of anilines is 1. The topological polar surface area (TPSA) is 54.9 Å². The fraction of sp³-hybridized carbons (Fsp3) is 0.438. The van der Waals surface area contributed by atoms with Crippen LogP contribution in [-0.4, -0.2) is 21.4 Å². The van der Waals surface area contributed by atoms with Crippen LogP contribution >= 0.6 is 23.1 Å². The number of hydrogen-bond donors (Lipinski definition) is 1. The highest BCUT2D eigenvalue weighted by atomic mass is 32.2. The first-order valence-electron chi connectivity index (χ1n) is 7.44. The molecule has 0 radical (unpaired) electrons. The Bertz CT molecular complexity index is 608. The Balaban J connectivity index is 1.80. The van der Waals surface area contributed by atoms with Gasteiger partial charge in [0.25, 0.3) is 0 Å². The second-order valence-electron chi connectivity index (χ2n) is 5.26. The molecule has 1 N–H and O–H groups in total. The van der Waals surface area contributed by atoms with Crippen molar-refractivity contribution in [1.82, 2.24) is 10.2 Å². The van der Waals surface area contributed by atoms with Crippen molar-refractivity contribution in [3.8, 4) is 0 Å². The monoisotopic (exact) mass is 335 g/mol. The van der Waals surface area contributed by atoms with Crippen molar-refractivity contribution in [3.05, 3.63) is 35.4 Å². The van der Waals surface area contributed by atoms with Gasteiger partial charge in [0.05, 0.1) is 0 Å². The molecule has 1 heterocycles. The molecule has 0 unspecified atom stereocenters. The lowest BCUT2D eigenvalue weighted by Gasteiger charge is -2.03. The first-order chi connectivity index (χ1) is 10.6. The lowest BCUT2D eigenvalue weighted by atomic mass is 10.1. The number of nitrogens with zero attached hydrogens (tertiary/aromatic N) is 2. The number of rotatable bonds is 7. The van der Waals surface area contributed by atoms with Gasteiger partial charge in [-0.2, -0.15) is 0 Å². The number of carbonyl (C=O) groups is 1. The van der Waals surface area contributed by atoms with Gasteiger partial charge >= 0.3 is 0 Å². The molecule has 0 fully saturated rings. The summed E-state index contributed by atoms with van der Waals surface area (Å²) in [6.45, 7) is 6.35. The molecule has 0 aliphatic rings. The van der Waals surface area contributed by atoms with Gasteiger partial charge in [-0.05, 0) is 24.0 Å². The molecule has 0 aliphatic carbocycles. The highest BCUT2D eigenvalue weighted by Crippen LogP contribution is 2.28. The molecule has 118 valence electrons. The maximum atomic E-state index is 12.0. The van der Waals surface area contributed by atoms with Crippen LogP contribution in [0.3, 0.4) is 0 Å². The Morgan fingerprint density at radius 2 is 1.91 bits per heavy atom. The zero-order chi connectivity index (χ0) is 15.9. The predicted octanol–water partition coefficient (Wildman–Crippen LogP) is 4.17. The summed E-state index contributed by atoms with van der Waals surface area (Å²) in [5.74, 6) is -0.0168. The van der Waals surface area contributed by atoms with Crippen LogP contribution in [0.15, 0.2) is 28.6 Å². The summed E-state index contributed by atoms with van der Waals surface area (Å²) in [5.41, 5.74) is 2.50. The van der Waals surface area contributed by atoms with E-state index < -0.39 is 0 Å². The summed E-state index contributed by atoms with van der Waals surface area (Å²) in [5, 5.41) is 11.9. The van der Waals surface area contributed by atoms with Crippen molar-refractivity contribution in [3.63, 3.8) is 0 Å². The Kier molecular flexibility index (Phi) is 6.39. The van der Waals surface area contributed by atoms with E-state index in [1.807, 2.05) is 0 Å². The third-order valence-corrected chi connectivity index (χ3v) is 4.99. The van der Waals surface area contributed by atoms with Crippen LogP contribution in [0, 0.1) is 0 Å². The molecule has 1 aromatic heterocycles. The van der Waals surface area contributed by atoms with Gasteiger partial charge in [-0.3, -0.25) is 4.79 Å². The number of aryl methyl sites for hydroxylation is 2. The summed E-state index contributed by atoms with van der Waals surface area (Å²) in [6.07, 6.45) is 2.23. The van der Waals surface area contributed by atoms with E-state index in [2.05, 4.69) is 60.6 Å². The molecule has 1 amide bonds. The second-order valence-corrected chi connectivity index (χ2v) is 8.06. The maximum absolute atomic E-state index is 12.0. The Hall–Kier alpha value is -1.40. The van der Waals surface area contributed by atoms with Gasteiger partial charge in [0.15, 0.2) is 4.34 Å². The highest BCUT2D eigenvalue weighted by molar-refractivity contribution is 8.01. The van der Waals surface area contributed by atoms with Gasteiger partial charge in [0, 0.05) is 11.7 Å². The van der Waals surface area contributed by atoms with Crippen molar-refractivity contribution in [1.29, 1.82) is 0 Å². The minimum absolute atomic E-state index is 0.0168. The van der Waals surface area contributed by atoms with Crippen LogP contribution in [-0.2, 0) is 17.6 Å². The summed E-state index contributed by atoms with van der Waals surface area (Å²) < 4.78 is 0.889. The fourth-order valence-corrected chi connectivity index (χ4v) is 3.88. The van der Waals surface area contributed by atoms with Gasteiger partial charge in [-0.25, -0.2) is 0 Å². The first-order valence-corrected chi connectivity index (χ1v) is 9.14. The van der Waals surface area contributed by atoms with E-state index in [0.29, 0.717) is 16.8 Å². The molecular weight excluding hydrogens is 314 g/mol. The van der Waals surface area contributed by atoms with E-state index in [1.54, 1.807) is 11.8 Å². The Morgan fingerprint density at radius 3 is 2.55 bits per heavy atom.